The van der Waals surface area contributed by atoms with Crippen LogP contribution in [0.4, 0.5) is 8.78 Å². The molecular formula is C13H15F2NO3. The number of morpholine rings is 1. The van der Waals surface area contributed by atoms with Crippen molar-refractivity contribution in [2.75, 3.05) is 19.7 Å². The van der Waals surface area contributed by atoms with Crippen LogP contribution in [0.2, 0.25) is 0 Å². The van der Waals surface area contributed by atoms with Crippen molar-refractivity contribution in [2.24, 2.45) is 0 Å². The predicted octanol–water partition coefficient (Wildman–Crippen LogP) is 1.64. The van der Waals surface area contributed by atoms with Crippen LogP contribution >= 0.6 is 0 Å². The van der Waals surface area contributed by atoms with Crippen LogP contribution in [-0.2, 0) is 16.1 Å². The van der Waals surface area contributed by atoms with Crippen LogP contribution in [0.5, 0.6) is 0 Å². The van der Waals surface area contributed by atoms with E-state index in [-0.39, 0.29) is 18.5 Å². The molecule has 1 heterocycles. The third-order valence-electron chi connectivity index (χ3n) is 3.03. The third kappa shape index (κ3) is 3.97. The molecule has 6 heteroatoms. The first kappa shape index (κ1) is 13.9. The van der Waals surface area contributed by atoms with Crippen LogP contribution in [0.25, 0.3) is 0 Å². The highest BCUT2D eigenvalue weighted by atomic mass is 19.1. The first-order chi connectivity index (χ1) is 9.04. The average molecular weight is 271 g/mol. The van der Waals surface area contributed by atoms with Crippen molar-refractivity contribution >= 4 is 5.97 Å². The molecule has 1 fully saturated rings. The number of nitrogens with zero attached hydrogens (tertiary/aromatic N) is 1. The molecule has 1 aliphatic rings. The molecule has 1 atom stereocenters. The van der Waals surface area contributed by atoms with E-state index in [9.17, 15) is 13.6 Å². The van der Waals surface area contributed by atoms with Crippen molar-refractivity contribution in [1.82, 2.24) is 4.90 Å². The molecule has 104 valence electrons. The monoisotopic (exact) mass is 271 g/mol. The molecule has 1 aromatic carbocycles. The summed E-state index contributed by atoms with van der Waals surface area (Å²) in [7, 11) is 0. The lowest BCUT2D eigenvalue weighted by Crippen LogP contribution is -2.42. The lowest BCUT2D eigenvalue weighted by molar-refractivity contribution is -0.142. The Balaban J connectivity index is 1.98. The highest BCUT2D eigenvalue weighted by Crippen LogP contribution is 2.16. The highest BCUT2D eigenvalue weighted by Gasteiger charge is 2.23. The lowest BCUT2D eigenvalue weighted by atomic mass is 10.1. The number of carboxylic acid groups (broad SMARTS) is 1. The van der Waals surface area contributed by atoms with Crippen LogP contribution in [0.1, 0.15) is 12.0 Å². The Labute approximate surface area is 109 Å². The van der Waals surface area contributed by atoms with Gasteiger partial charge in [0, 0.05) is 25.2 Å². The first-order valence-corrected chi connectivity index (χ1v) is 6.04. The van der Waals surface area contributed by atoms with E-state index in [2.05, 4.69) is 0 Å². The van der Waals surface area contributed by atoms with Crippen LogP contribution in [-0.4, -0.2) is 41.8 Å². The summed E-state index contributed by atoms with van der Waals surface area (Å²) in [5.74, 6) is -1.86. The van der Waals surface area contributed by atoms with E-state index in [0.717, 1.165) is 18.2 Å². The number of carboxylic acids is 1. The van der Waals surface area contributed by atoms with Gasteiger partial charge in [-0.1, -0.05) is 0 Å². The van der Waals surface area contributed by atoms with Crippen molar-refractivity contribution in [3.8, 4) is 0 Å². The Kier molecular flexibility index (Phi) is 4.44. The predicted molar refractivity (Wildman–Crippen MR) is 63.6 cm³/mol. The summed E-state index contributed by atoms with van der Waals surface area (Å²) >= 11 is 0. The Hall–Kier alpha value is -1.53. The molecule has 0 radical (unpaired) electrons. The second-order valence-electron chi connectivity index (χ2n) is 4.56. The maximum absolute atomic E-state index is 13.5. The van der Waals surface area contributed by atoms with E-state index in [4.69, 9.17) is 9.84 Å². The maximum atomic E-state index is 13.5. The summed E-state index contributed by atoms with van der Waals surface area (Å²) in [5.41, 5.74) is 0.274. The van der Waals surface area contributed by atoms with Gasteiger partial charge in [0.25, 0.3) is 0 Å². The summed E-state index contributed by atoms with van der Waals surface area (Å²) in [6.07, 6.45) is -0.481. The Morgan fingerprint density at radius 3 is 3.00 bits per heavy atom. The minimum Gasteiger partial charge on any atom is -0.481 e. The molecule has 2 rings (SSSR count). The van der Waals surface area contributed by atoms with Crippen molar-refractivity contribution in [1.29, 1.82) is 0 Å². The lowest BCUT2D eigenvalue weighted by Gasteiger charge is -2.32. The van der Waals surface area contributed by atoms with E-state index in [1.165, 1.54) is 0 Å². The zero-order valence-electron chi connectivity index (χ0n) is 10.3. The van der Waals surface area contributed by atoms with Crippen LogP contribution in [0.15, 0.2) is 18.2 Å². The SMILES string of the molecule is O=C(O)CC1CN(Cc2cc(F)ccc2F)CCO1. The summed E-state index contributed by atoms with van der Waals surface area (Å²) in [4.78, 5) is 12.5. The largest absolute Gasteiger partial charge is 0.481 e. The summed E-state index contributed by atoms with van der Waals surface area (Å²) in [6, 6.07) is 3.34. The second-order valence-corrected chi connectivity index (χ2v) is 4.56. The van der Waals surface area contributed by atoms with Gasteiger partial charge in [-0.15, -0.1) is 0 Å². The Morgan fingerprint density at radius 2 is 2.26 bits per heavy atom. The molecule has 1 N–H and O–H groups in total. The number of hydrogen-bond acceptors (Lipinski definition) is 3. The molecule has 0 amide bonds. The van der Waals surface area contributed by atoms with Crippen molar-refractivity contribution in [3.05, 3.63) is 35.4 Å². The van der Waals surface area contributed by atoms with Gasteiger partial charge < -0.3 is 9.84 Å². The van der Waals surface area contributed by atoms with Crippen molar-refractivity contribution in [2.45, 2.75) is 19.1 Å². The van der Waals surface area contributed by atoms with E-state index >= 15 is 0 Å². The second kappa shape index (κ2) is 6.08. The van der Waals surface area contributed by atoms with Crippen LogP contribution in [0, 0.1) is 11.6 Å². The summed E-state index contributed by atoms with van der Waals surface area (Å²) in [5, 5.41) is 8.71. The van der Waals surface area contributed by atoms with Crippen LogP contribution < -0.4 is 0 Å². The molecular weight excluding hydrogens is 256 g/mol. The fourth-order valence-corrected chi connectivity index (χ4v) is 2.15. The fraction of sp³-hybridized carbons (Fsp3) is 0.462. The van der Waals surface area contributed by atoms with Gasteiger partial charge in [-0.25, -0.2) is 8.78 Å². The molecule has 4 nitrogen and oxygen atoms in total. The topological polar surface area (TPSA) is 49.8 Å². The van der Waals surface area contributed by atoms with E-state index in [1.807, 2.05) is 4.90 Å². The molecule has 1 unspecified atom stereocenters. The highest BCUT2D eigenvalue weighted by molar-refractivity contribution is 5.67. The van der Waals surface area contributed by atoms with Crippen molar-refractivity contribution < 1.29 is 23.4 Å². The molecule has 19 heavy (non-hydrogen) atoms. The quantitative estimate of drug-likeness (QED) is 0.904. The minimum atomic E-state index is -0.927. The zero-order valence-corrected chi connectivity index (χ0v) is 10.3. The van der Waals surface area contributed by atoms with Crippen molar-refractivity contribution in [3.63, 3.8) is 0 Å². The molecule has 0 aliphatic carbocycles. The minimum absolute atomic E-state index is 0.0812. The Morgan fingerprint density at radius 1 is 1.47 bits per heavy atom. The van der Waals surface area contributed by atoms with Gasteiger partial charge in [0.05, 0.1) is 19.1 Å². The first-order valence-electron chi connectivity index (χ1n) is 6.04. The van der Waals surface area contributed by atoms with Gasteiger partial charge in [-0.3, -0.25) is 9.69 Å². The van der Waals surface area contributed by atoms with Gasteiger partial charge >= 0.3 is 5.97 Å². The van der Waals surface area contributed by atoms with Gasteiger partial charge in [0.15, 0.2) is 0 Å². The number of aliphatic carboxylic acids is 1. The number of benzene rings is 1. The standard InChI is InChI=1S/C13H15F2NO3/c14-10-1-2-12(15)9(5-10)7-16-3-4-19-11(8-16)6-13(17)18/h1-2,5,11H,3-4,6-8H2,(H,17,18). The van der Waals surface area contributed by atoms with E-state index < -0.39 is 23.7 Å². The number of carbonyl (C=O) groups is 1. The number of ether oxygens (including phenoxy) is 1. The van der Waals surface area contributed by atoms with Gasteiger partial charge in [-0.2, -0.15) is 0 Å². The molecule has 0 saturated carbocycles. The normalized spacial score (nSPS) is 20.4. The summed E-state index contributed by atoms with van der Waals surface area (Å²) in [6.45, 7) is 1.63. The molecule has 1 aromatic rings. The number of hydrogen-bond donors (Lipinski definition) is 1. The number of rotatable bonds is 4. The Bertz CT molecular complexity index is 467. The smallest absolute Gasteiger partial charge is 0.306 e. The fourth-order valence-electron chi connectivity index (χ4n) is 2.15. The van der Waals surface area contributed by atoms with Gasteiger partial charge in [0.2, 0.25) is 0 Å². The molecule has 1 saturated heterocycles. The maximum Gasteiger partial charge on any atom is 0.306 e. The number of halogens is 2. The molecule has 0 spiro atoms. The van der Waals surface area contributed by atoms with Crippen LogP contribution in [0.3, 0.4) is 0 Å². The van der Waals surface area contributed by atoms with Gasteiger partial charge in [0.1, 0.15) is 11.6 Å². The van der Waals surface area contributed by atoms with E-state index in [0.29, 0.717) is 19.7 Å². The zero-order chi connectivity index (χ0) is 13.8. The third-order valence-corrected chi connectivity index (χ3v) is 3.03. The molecule has 0 aromatic heterocycles. The molecule has 1 aliphatic heterocycles. The van der Waals surface area contributed by atoms with E-state index in [1.54, 1.807) is 0 Å². The molecule has 0 bridgehead atoms. The van der Waals surface area contributed by atoms with Gasteiger partial charge in [-0.05, 0) is 18.2 Å². The summed E-state index contributed by atoms with van der Waals surface area (Å²) < 4.78 is 31.9. The average Bonchev–Trinajstić information content (AvgIpc) is 2.33.